The molecule has 0 atom stereocenters. The van der Waals surface area contributed by atoms with Crippen LogP contribution < -0.4 is 9.54 Å². The van der Waals surface area contributed by atoms with Crippen molar-refractivity contribution in [1.82, 2.24) is 4.57 Å². The van der Waals surface area contributed by atoms with Crippen LogP contribution in [-0.4, -0.2) is 22.0 Å². The highest BCUT2D eigenvalue weighted by atomic mass is 32.1. The molecule has 3 rings (SSSR count). The van der Waals surface area contributed by atoms with Crippen LogP contribution in [0.15, 0.2) is 53.5 Å². The molecule has 0 radical (unpaired) electrons. The van der Waals surface area contributed by atoms with Crippen molar-refractivity contribution in [3.8, 4) is 5.75 Å². The lowest BCUT2D eigenvalue weighted by atomic mass is 10.2. The molecule has 7 nitrogen and oxygen atoms in total. The van der Waals surface area contributed by atoms with Crippen LogP contribution in [0.4, 0.5) is 5.69 Å². The normalized spacial score (nSPS) is 12.0. The van der Waals surface area contributed by atoms with Gasteiger partial charge in [-0.15, -0.1) is 0 Å². The summed E-state index contributed by atoms with van der Waals surface area (Å²) in [5, 5.41) is 10.7. The average molecular weight is 411 g/mol. The molecule has 0 bridgehead atoms. The molecule has 0 aliphatic rings. The Bertz CT molecular complexity index is 1130. The van der Waals surface area contributed by atoms with E-state index in [1.807, 2.05) is 29.7 Å². The van der Waals surface area contributed by atoms with Crippen molar-refractivity contribution in [2.75, 3.05) is 6.61 Å². The SMILES string of the molecule is CCCn1c(=NC(=O)/C=C/c2ccc([N+](=O)[O-])cc2)sc2cccc(OCC)c21. The number of benzene rings is 2. The smallest absolute Gasteiger partial charge is 0.272 e. The Kier molecular flexibility index (Phi) is 6.56. The van der Waals surface area contributed by atoms with E-state index in [1.165, 1.54) is 29.5 Å². The Balaban J connectivity index is 1.94. The first-order chi connectivity index (χ1) is 14.0. The number of nitrogens with zero attached hydrogens (tertiary/aromatic N) is 3. The molecule has 0 saturated heterocycles. The summed E-state index contributed by atoms with van der Waals surface area (Å²) < 4.78 is 8.78. The van der Waals surface area contributed by atoms with Crippen LogP contribution in [0.3, 0.4) is 0 Å². The highest BCUT2D eigenvalue weighted by Crippen LogP contribution is 2.27. The first-order valence-corrected chi connectivity index (χ1v) is 10.1. The molecule has 0 saturated carbocycles. The maximum Gasteiger partial charge on any atom is 0.272 e. The summed E-state index contributed by atoms with van der Waals surface area (Å²) in [6, 6.07) is 11.8. The summed E-state index contributed by atoms with van der Waals surface area (Å²) in [5.74, 6) is 0.391. The fourth-order valence-corrected chi connectivity index (χ4v) is 3.97. The molecule has 0 fully saturated rings. The molecule has 0 aliphatic heterocycles. The van der Waals surface area contributed by atoms with E-state index < -0.39 is 10.8 Å². The maximum absolute atomic E-state index is 12.4. The molecular weight excluding hydrogens is 390 g/mol. The van der Waals surface area contributed by atoms with Gasteiger partial charge in [-0.3, -0.25) is 14.9 Å². The van der Waals surface area contributed by atoms with Crippen molar-refractivity contribution < 1.29 is 14.5 Å². The highest BCUT2D eigenvalue weighted by Gasteiger charge is 2.11. The van der Waals surface area contributed by atoms with Gasteiger partial charge in [0.25, 0.3) is 11.6 Å². The van der Waals surface area contributed by atoms with Gasteiger partial charge in [0.05, 0.1) is 16.2 Å². The molecule has 1 aromatic heterocycles. The van der Waals surface area contributed by atoms with Gasteiger partial charge in [-0.05, 0) is 49.2 Å². The van der Waals surface area contributed by atoms with Crippen LogP contribution in [-0.2, 0) is 11.3 Å². The van der Waals surface area contributed by atoms with E-state index in [-0.39, 0.29) is 5.69 Å². The number of amides is 1. The number of non-ortho nitro benzene ring substituents is 1. The van der Waals surface area contributed by atoms with Crippen molar-refractivity contribution in [3.05, 3.63) is 69.0 Å². The molecule has 2 aromatic carbocycles. The number of carbonyl (C=O) groups excluding carboxylic acids is 1. The third-order valence-corrected chi connectivity index (χ3v) is 5.18. The van der Waals surface area contributed by atoms with E-state index in [1.54, 1.807) is 18.2 Å². The number of fused-ring (bicyclic) bond motifs is 1. The molecule has 0 unspecified atom stereocenters. The molecule has 1 amide bonds. The zero-order valence-corrected chi connectivity index (χ0v) is 17.0. The lowest BCUT2D eigenvalue weighted by molar-refractivity contribution is -0.384. The molecule has 3 aromatic rings. The lowest BCUT2D eigenvalue weighted by Gasteiger charge is -2.08. The Morgan fingerprint density at radius 3 is 2.66 bits per heavy atom. The summed E-state index contributed by atoms with van der Waals surface area (Å²) in [5.41, 5.74) is 1.65. The average Bonchev–Trinajstić information content (AvgIpc) is 3.05. The van der Waals surface area contributed by atoms with E-state index in [4.69, 9.17) is 4.74 Å². The Morgan fingerprint density at radius 1 is 1.24 bits per heavy atom. The van der Waals surface area contributed by atoms with Crippen molar-refractivity contribution in [1.29, 1.82) is 0 Å². The van der Waals surface area contributed by atoms with Gasteiger partial charge in [0.15, 0.2) is 4.80 Å². The number of rotatable bonds is 7. The van der Waals surface area contributed by atoms with Gasteiger partial charge < -0.3 is 9.30 Å². The standard InChI is InChI=1S/C21H21N3O4S/c1-3-14-23-20-17(28-4-2)6-5-7-18(20)29-21(23)22-19(25)13-10-15-8-11-16(12-9-15)24(26)27/h5-13H,3-4,14H2,1-2H3/b13-10+,22-21?. The largest absolute Gasteiger partial charge is 0.492 e. The van der Waals surface area contributed by atoms with Crippen LogP contribution in [0.5, 0.6) is 5.75 Å². The minimum Gasteiger partial charge on any atom is -0.492 e. The third kappa shape index (κ3) is 4.78. The van der Waals surface area contributed by atoms with Crippen LogP contribution in [0, 0.1) is 10.1 Å². The first kappa shape index (κ1) is 20.5. The van der Waals surface area contributed by atoms with Gasteiger partial charge in [-0.1, -0.05) is 24.3 Å². The molecular formula is C21H21N3O4S. The van der Waals surface area contributed by atoms with Gasteiger partial charge in [0.1, 0.15) is 11.3 Å². The van der Waals surface area contributed by atoms with Crippen LogP contribution in [0.1, 0.15) is 25.8 Å². The van der Waals surface area contributed by atoms with E-state index in [9.17, 15) is 14.9 Å². The van der Waals surface area contributed by atoms with E-state index >= 15 is 0 Å². The zero-order chi connectivity index (χ0) is 20.8. The number of hydrogen-bond acceptors (Lipinski definition) is 5. The number of hydrogen-bond donors (Lipinski definition) is 0. The van der Waals surface area contributed by atoms with Crippen LogP contribution >= 0.6 is 11.3 Å². The summed E-state index contributed by atoms with van der Waals surface area (Å²) in [6.07, 6.45) is 3.86. The predicted octanol–water partition coefficient (Wildman–Crippen LogP) is 4.56. The monoisotopic (exact) mass is 411 g/mol. The Morgan fingerprint density at radius 2 is 2.00 bits per heavy atom. The van der Waals surface area contributed by atoms with Crippen molar-refractivity contribution in [2.24, 2.45) is 4.99 Å². The number of thiazole rings is 1. The number of aromatic nitrogens is 1. The minimum atomic E-state index is -0.460. The lowest BCUT2D eigenvalue weighted by Crippen LogP contribution is -2.16. The maximum atomic E-state index is 12.4. The molecule has 29 heavy (non-hydrogen) atoms. The Labute approximate surface area is 171 Å². The topological polar surface area (TPSA) is 86.7 Å². The minimum absolute atomic E-state index is 0.00847. The number of para-hydroxylation sites is 1. The first-order valence-electron chi connectivity index (χ1n) is 9.29. The number of aryl methyl sites for hydroxylation is 1. The number of carbonyl (C=O) groups is 1. The predicted molar refractivity (Wildman–Crippen MR) is 114 cm³/mol. The second kappa shape index (κ2) is 9.29. The zero-order valence-electron chi connectivity index (χ0n) is 16.2. The van der Waals surface area contributed by atoms with E-state index in [0.717, 1.165) is 28.9 Å². The number of ether oxygens (including phenoxy) is 1. The van der Waals surface area contributed by atoms with Gasteiger partial charge >= 0.3 is 0 Å². The number of nitro benzene ring substituents is 1. The second-order valence-corrected chi connectivity index (χ2v) is 7.21. The fourth-order valence-electron chi connectivity index (χ4n) is 2.89. The van der Waals surface area contributed by atoms with E-state index in [2.05, 4.69) is 11.9 Å². The van der Waals surface area contributed by atoms with Crippen LogP contribution in [0.2, 0.25) is 0 Å². The third-order valence-electron chi connectivity index (χ3n) is 4.14. The van der Waals surface area contributed by atoms with Crippen LogP contribution in [0.25, 0.3) is 16.3 Å². The summed E-state index contributed by atoms with van der Waals surface area (Å²) >= 11 is 1.45. The molecule has 0 aliphatic carbocycles. The second-order valence-electron chi connectivity index (χ2n) is 6.20. The van der Waals surface area contributed by atoms with Crippen molar-refractivity contribution in [3.63, 3.8) is 0 Å². The quantitative estimate of drug-likeness (QED) is 0.324. The van der Waals surface area contributed by atoms with Crippen molar-refractivity contribution in [2.45, 2.75) is 26.8 Å². The van der Waals surface area contributed by atoms with Gasteiger partial charge in [0, 0.05) is 24.8 Å². The summed E-state index contributed by atoms with van der Waals surface area (Å²) in [6.45, 7) is 5.29. The summed E-state index contributed by atoms with van der Waals surface area (Å²) in [4.78, 5) is 27.5. The van der Waals surface area contributed by atoms with Crippen molar-refractivity contribution >= 4 is 39.2 Å². The Hall–Kier alpha value is -3.26. The van der Waals surface area contributed by atoms with Gasteiger partial charge in [-0.2, -0.15) is 4.99 Å². The molecule has 1 heterocycles. The summed E-state index contributed by atoms with van der Waals surface area (Å²) in [7, 11) is 0. The van der Waals surface area contributed by atoms with Gasteiger partial charge in [0.2, 0.25) is 0 Å². The molecule has 0 spiro atoms. The van der Waals surface area contributed by atoms with Gasteiger partial charge in [-0.25, -0.2) is 0 Å². The molecule has 8 heteroatoms. The molecule has 150 valence electrons. The number of nitro groups is 1. The fraction of sp³-hybridized carbons (Fsp3) is 0.238. The molecule has 0 N–H and O–H groups in total. The highest BCUT2D eigenvalue weighted by molar-refractivity contribution is 7.16. The van der Waals surface area contributed by atoms with E-state index in [0.29, 0.717) is 17.0 Å².